The molecule has 12 unspecified atom stereocenters. The molecular formula is C92H165NO13. The molecule has 2 heterocycles. The van der Waals surface area contributed by atoms with Crippen LogP contribution in [0.1, 0.15) is 386 Å². The van der Waals surface area contributed by atoms with E-state index in [1.807, 2.05) is 6.08 Å². The van der Waals surface area contributed by atoms with Gasteiger partial charge in [0.15, 0.2) is 12.6 Å². The first-order chi connectivity index (χ1) is 52.1. The highest BCUT2D eigenvalue weighted by Crippen LogP contribution is 2.30. The molecule has 2 aliphatic heterocycles. The minimum absolute atomic E-state index is 0.244. The van der Waals surface area contributed by atoms with Crippen molar-refractivity contribution in [2.45, 2.75) is 460 Å². The van der Waals surface area contributed by atoms with Crippen molar-refractivity contribution in [3.8, 4) is 0 Å². The van der Waals surface area contributed by atoms with Gasteiger partial charge < -0.3 is 65.1 Å². The second-order valence-electron chi connectivity index (χ2n) is 31.0. The summed E-state index contributed by atoms with van der Waals surface area (Å²) in [5.74, 6) is -0.244. The molecular weight excluding hydrogens is 1330 g/mol. The summed E-state index contributed by atoms with van der Waals surface area (Å²) in [6, 6.07) is -0.937. The summed E-state index contributed by atoms with van der Waals surface area (Å²) >= 11 is 0. The van der Waals surface area contributed by atoms with Crippen molar-refractivity contribution >= 4 is 5.91 Å². The van der Waals surface area contributed by atoms with Gasteiger partial charge in [-0.1, -0.05) is 394 Å². The van der Waals surface area contributed by atoms with Gasteiger partial charge in [0.25, 0.3) is 0 Å². The maximum atomic E-state index is 13.4. The lowest BCUT2D eigenvalue weighted by atomic mass is 9.97. The highest BCUT2D eigenvalue weighted by molar-refractivity contribution is 5.76. The Bertz CT molecular complexity index is 2160. The Kier molecular flexibility index (Phi) is 69.7. The number of rotatable bonds is 75. The van der Waals surface area contributed by atoms with E-state index in [2.05, 4.69) is 104 Å². The van der Waals surface area contributed by atoms with Crippen molar-refractivity contribution in [2.24, 2.45) is 0 Å². The second-order valence-corrected chi connectivity index (χ2v) is 31.0. The molecule has 0 bridgehead atoms. The lowest BCUT2D eigenvalue weighted by Gasteiger charge is -2.46. The van der Waals surface area contributed by atoms with Crippen molar-refractivity contribution in [3.63, 3.8) is 0 Å². The van der Waals surface area contributed by atoms with Crippen LogP contribution in [0.3, 0.4) is 0 Å². The maximum Gasteiger partial charge on any atom is 0.220 e. The number of carbonyl (C=O) groups is 1. The van der Waals surface area contributed by atoms with Crippen LogP contribution in [0.4, 0.5) is 0 Å². The fourth-order valence-electron chi connectivity index (χ4n) is 14.3. The third kappa shape index (κ3) is 56.2. The van der Waals surface area contributed by atoms with Crippen LogP contribution < -0.4 is 5.32 Å². The summed E-state index contributed by atoms with van der Waals surface area (Å²) in [5, 5.41) is 87.8. The number of aliphatic hydroxyl groups excluding tert-OH is 8. The fourth-order valence-corrected chi connectivity index (χ4v) is 14.3. The van der Waals surface area contributed by atoms with Gasteiger partial charge in [0.2, 0.25) is 5.91 Å². The van der Waals surface area contributed by atoms with Crippen LogP contribution in [-0.2, 0) is 23.7 Å². The minimum atomic E-state index is -1.80. The molecule has 0 spiro atoms. The van der Waals surface area contributed by atoms with Gasteiger partial charge in [-0.2, -0.15) is 0 Å². The molecule has 14 heteroatoms. The Balaban J connectivity index is 1.58. The van der Waals surface area contributed by atoms with Crippen molar-refractivity contribution in [3.05, 3.63) is 97.2 Å². The van der Waals surface area contributed by atoms with E-state index in [1.54, 1.807) is 6.08 Å². The van der Waals surface area contributed by atoms with Gasteiger partial charge in [0.05, 0.1) is 32.0 Å². The first-order valence-electron chi connectivity index (χ1n) is 44.5. The van der Waals surface area contributed by atoms with Crippen LogP contribution in [0.15, 0.2) is 97.2 Å². The average molecular weight is 1490 g/mol. The van der Waals surface area contributed by atoms with Gasteiger partial charge in [-0.05, 0) is 83.5 Å². The summed E-state index contributed by atoms with van der Waals surface area (Å²) < 4.78 is 22.9. The molecule has 1 amide bonds. The molecule has 106 heavy (non-hydrogen) atoms. The molecule has 0 aromatic rings. The number of hydrogen-bond donors (Lipinski definition) is 9. The third-order valence-corrected chi connectivity index (χ3v) is 21.3. The number of carbonyl (C=O) groups excluding carboxylic acids is 1. The Morgan fingerprint density at radius 2 is 0.660 bits per heavy atom. The normalized spacial score (nSPS) is 21.8. The van der Waals surface area contributed by atoms with Crippen LogP contribution in [-0.4, -0.2) is 140 Å². The number of aliphatic hydroxyl groups is 8. The molecule has 12 atom stereocenters. The predicted octanol–water partition coefficient (Wildman–Crippen LogP) is 21.6. The number of hydrogen-bond acceptors (Lipinski definition) is 13. The van der Waals surface area contributed by atoms with Gasteiger partial charge in [-0.15, -0.1) is 0 Å². The number of allylic oxidation sites excluding steroid dienone is 15. The Hall–Kier alpha value is -3.09. The molecule has 2 saturated heterocycles. The zero-order chi connectivity index (χ0) is 76.5. The molecule has 0 aromatic carbocycles. The van der Waals surface area contributed by atoms with E-state index >= 15 is 0 Å². The molecule has 2 fully saturated rings. The van der Waals surface area contributed by atoms with Crippen LogP contribution in [0, 0.1) is 0 Å². The van der Waals surface area contributed by atoms with Crippen LogP contribution >= 0.6 is 0 Å². The van der Waals surface area contributed by atoms with Gasteiger partial charge in [0, 0.05) is 6.42 Å². The lowest BCUT2D eigenvalue weighted by Crippen LogP contribution is -2.65. The second kappa shape index (κ2) is 74.6. The van der Waals surface area contributed by atoms with Crippen LogP contribution in [0.5, 0.6) is 0 Å². The van der Waals surface area contributed by atoms with E-state index in [-0.39, 0.29) is 18.9 Å². The SMILES string of the molecule is CC/C=C\C/C=C\C/C=C\C/C=C\C/C=C\C/C=C\CCCCCCCCCCCCCCCCCCCCCCC(=O)NC(COC1OC(CO)C(OC2OC(CO)C(O)C(O)C2O)C(O)C1O)C(O)/C=C/CC/C=C/CCCCCCCCCCCCCCCCCCCCCCCCCCCCC. The predicted molar refractivity (Wildman–Crippen MR) is 443 cm³/mol. The highest BCUT2D eigenvalue weighted by atomic mass is 16.7. The van der Waals surface area contributed by atoms with Crippen molar-refractivity contribution in [2.75, 3.05) is 19.8 Å². The number of amides is 1. The van der Waals surface area contributed by atoms with Gasteiger partial charge in [-0.3, -0.25) is 4.79 Å². The summed E-state index contributed by atoms with van der Waals surface area (Å²) in [4.78, 5) is 13.4. The zero-order valence-corrected chi connectivity index (χ0v) is 67.9. The minimum Gasteiger partial charge on any atom is -0.394 e. The highest BCUT2D eigenvalue weighted by Gasteiger charge is 2.51. The standard InChI is InChI=1S/C92H165NO13/c1-3-5-7-9-11-13-15-17-19-21-23-25-27-29-31-33-35-37-38-39-40-41-42-44-46-48-50-52-54-56-58-60-62-64-66-68-70-72-74-76-84(97)93-80(79-103-91-89(102)87(100)90(83(78-95)105-91)106-92-88(101)86(99)85(98)82(77-94)104-92)81(96)75-73-71-69-67-65-63-61-59-57-55-53-51-49-47-45-43-36-34-32-30-28-26-24-22-20-18-16-14-12-10-8-6-4-2/h5,7,11,13,17,19,23,25,29,31,35,37,65,67,73,75,80-83,85-92,94-96,98-102H,3-4,6,8-10,12,14-16,18,20-22,24,26-28,30,32-34,36,38-64,66,68-72,74,76-79H2,1-2H3,(H,93,97)/b7-5-,13-11-,19-17-,25-23-,31-29-,37-35-,67-65+,75-73+. The van der Waals surface area contributed by atoms with Gasteiger partial charge in [0.1, 0.15) is 48.8 Å². The number of ether oxygens (including phenoxy) is 4. The first kappa shape index (κ1) is 99.0. The van der Waals surface area contributed by atoms with Crippen LogP contribution in [0.2, 0.25) is 0 Å². The van der Waals surface area contributed by atoms with Gasteiger partial charge >= 0.3 is 0 Å². The molecule has 0 aliphatic carbocycles. The van der Waals surface area contributed by atoms with Crippen molar-refractivity contribution in [1.29, 1.82) is 0 Å². The number of unbranched alkanes of at least 4 members (excludes halogenated alkanes) is 48. The summed E-state index contributed by atoms with van der Waals surface area (Å²) in [7, 11) is 0. The monoisotopic (exact) mass is 1490 g/mol. The van der Waals surface area contributed by atoms with Crippen molar-refractivity contribution in [1.82, 2.24) is 5.32 Å². The summed E-state index contributed by atoms with van der Waals surface area (Å²) in [6.45, 7) is 2.72. The largest absolute Gasteiger partial charge is 0.394 e. The molecule has 14 nitrogen and oxygen atoms in total. The fraction of sp³-hybridized carbons (Fsp3) is 0.815. The third-order valence-electron chi connectivity index (χ3n) is 21.3. The van der Waals surface area contributed by atoms with E-state index in [0.717, 1.165) is 70.6 Å². The lowest BCUT2D eigenvalue weighted by molar-refractivity contribution is -0.359. The van der Waals surface area contributed by atoms with Gasteiger partial charge in [-0.25, -0.2) is 0 Å². The molecule has 9 N–H and O–H groups in total. The van der Waals surface area contributed by atoms with E-state index in [0.29, 0.717) is 12.8 Å². The van der Waals surface area contributed by atoms with E-state index in [9.17, 15) is 45.6 Å². The zero-order valence-electron chi connectivity index (χ0n) is 67.9. The molecule has 2 rings (SSSR count). The van der Waals surface area contributed by atoms with E-state index < -0.39 is 86.8 Å². The topological polar surface area (TPSA) is 228 Å². The maximum absolute atomic E-state index is 13.4. The van der Waals surface area contributed by atoms with E-state index in [1.165, 1.54) is 283 Å². The van der Waals surface area contributed by atoms with Crippen molar-refractivity contribution < 1.29 is 64.6 Å². The molecule has 0 saturated carbocycles. The van der Waals surface area contributed by atoms with E-state index in [4.69, 9.17) is 18.9 Å². The molecule has 2 aliphatic rings. The van der Waals surface area contributed by atoms with Crippen LogP contribution in [0.25, 0.3) is 0 Å². The summed E-state index contributed by atoms with van der Waals surface area (Å²) in [5.41, 5.74) is 0. The smallest absolute Gasteiger partial charge is 0.220 e. The summed E-state index contributed by atoms with van der Waals surface area (Å²) in [6.07, 6.45) is 90.9. The molecule has 0 aromatic heterocycles. The quantitative estimate of drug-likeness (QED) is 0.0204. The Morgan fingerprint density at radius 3 is 1.04 bits per heavy atom. The number of nitrogens with one attached hydrogen (secondary N) is 1. The Labute approximate surface area is 649 Å². The Morgan fingerprint density at radius 1 is 0.349 bits per heavy atom. The molecule has 0 radical (unpaired) electrons. The average Bonchev–Trinajstić information content (AvgIpc) is 0.789. The molecule has 616 valence electrons. The first-order valence-corrected chi connectivity index (χ1v) is 44.5.